The first-order chi connectivity index (χ1) is 7.82. The topological polar surface area (TPSA) is 85.1 Å². The van der Waals surface area contributed by atoms with Crippen LogP contribution in [0.5, 0.6) is 0 Å². The molecule has 1 saturated heterocycles. The molecule has 7 nitrogen and oxygen atoms in total. The molecule has 0 spiro atoms. The van der Waals surface area contributed by atoms with E-state index in [1.54, 1.807) is 6.92 Å². The van der Waals surface area contributed by atoms with Gasteiger partial charge in [0, 0.05) is 7.05 Å². The van der Waals surface area contributed by atoms with Crippen LogP contribution in [0.2, 0.25) is 0 Å². The number of hydroxylamine groups is 1. The van der Waals surface area contributed by atoms with Gasteiger partial charge in [0.2, 0.25) is 5.66 Å². The highest BCUT2D eigenvalue weighted by atomic mass is 35.5. The van der Waals surface area contributed by atoms with Gasteiger partial charge in [0.15, 0.2) is 0 Å². The van der Waals surface area contributed by atoms with Crippen molar-refractivity contribution in [3.05, 3.63) is 0 Å². The zero-order valence-electron chi connectivity index (χ0n) is 11.0. The minimum Gasteiger partial charge on any atom is -0.449 e. The van der Waals surface area contributed by atoms with Crippen molar-refractivity contribution in [1.82, 2.24) is 10.2 Å². The van der Waals surface area contributed by atoms with Gasteiger partial charge in [-0.25, -0.2) is 9.59 Å². The number of nitrogens with zero attached hydrogens (tertiary/aromatic N) is 2. The fraction of sp³-hybridized carbons (Fsp3) is 0.800. The lowest BCUT2D eigenvalue weighted by Gasteiger charge is -2.31. The van der Waals surface area contributed by atoms with Crippen molar-refractivity contribution >= 4 is 24.5 Å². The number of carbonyl (C=O) groups excluding carboxylic acids is 2. The molecule has 0 aromatic rings. The highest BCUT2D eigenvalue weighted by Gasteiger charge is 2.55. The van der Waals surface area contributed by atoms with Gasteiger partial charge in [-0.3, -0.25) is 5.73 Å². The predicted molar refractivity (Wildman–Crippen MR) is 66.3 cm³/mol. The summed E-state index contributed by atoms with van der Waals surface area (Å²) in [6.45, 7) is 5.69. The molecule has 0 bridgehead atoms. The fourth-order valence-corrected chi connectivity index (χ4v) is 1.83. The zero-order chi connectivity index (χ0) is 13.2. The smallest absolute Gasteiger partial charge is 0.429 e. The van der Waals surface area contributed by atoms with E-state index in [4.69, 9.17) is 15.3 Å². The van der Waals surface area contributed by atoms with E-state index in [2.05, 4.69) is 0 Å². The molecule has 0 aromatic heterocycles. The molecule has 1 aliphatic rings. The molecule has 0 radical (unpaired) electrons. The lowest BCUT2D eigenvalue weighted by Crippen LogP contribution is -2.61. The molecule has 1 rings (SSSR count). The molecule has 106 valence electrons. The molecule has 0 saturated carbocycles. The lowest BCUT2D eigenvalue weighted by atomic mass is 9.98. The van der Waals surface area contributed by atoms with Crippen molar-refractivity contribution in [3.8, 4) is 0 Å². The second kappa shape index (κ2) is 6.21. The Balaban J connectivity index is 0.00000289. The van der Waals surface area contributed by atoms with Crippen LogP contribution < -0.4 is 5.73 Å². The highest BCUT2D eigenvalue weighted by Crippen LogP contribution is 2.28. The fourth-order valence-electron chi connectivity index (χ4n) is 1.83. The van der Waals surface area contributed by atoms with Gasteiger partial charge in [0.1, 0.15) is 0 Å². The van der Waals surface area contributed by atoms with Gasteiger partial charge in [-0.2, -0.15) is 5.01 Å². The number of hydrogen-bond acceptors (Lipinski definition) is 6. The second-order valence-electron chi connectivity index (χ2n) is 4.38. The molecule has 0 aliphatic carbocycles. The number of rotatable bonds is 3. The molecule has 1 aliphatic heterocycles. The molecule has 1 heterocycles. The molecular weight excluding hydrogens is 262 g/mol. The summed E-state index contributed by atoms with van der Waals surface area (Å²) >= 11 is 0. The minimum atomic E-state index is -1.49. The molecule has 1 atom stereocenters. The van der Waals surface area contributed by atoms with Gasteiger partial charge in [0.25, 0.3) is 0 Å². The largest absolute Gasteiger partial charge is 0.449 e. The molecule has 1 amide bonds. The molecule has 18 heavy (non-hydrogen) atoms. The third-order valence-electron chi connectivity index (χ3n) is 2.39. The maximum atomic E-state index is 11.7. The van der Waals surface area contributed by atoms with E-state index in [0.29, 0.717) is 6.42 Å². The zero-order valence-corrected chi connectivity index (χ0v) is 11.8. The number of hydrogen-bond donors (Lipinski definition) is 1. The van der Waals surface area contributed by atoms with Gasteiger partial charge in [-0.05, 0) is 24.4 Å². The van der Waals surface area contributed by atoms with Crippen LogP contribution in [0.1, 0.15) is 27.2 Å². The van der Waals surface area contributed by atoms with Gasteiger partial charge < -0.3 is 9.57 Å². The average Bonchev–Trinajstić information content (AvgIpc) is 2.36. The summed E-state index contributed by atoms with van der Waals surface area (Å²) < 4.78 is 4.85. The van der Waals surface area contributed by atoms with Crippen LogP contribution in [0.15, 0.2) is 0 Å². The molecule has 2 N–H and O–H groups in total. The van der Waals surface area contributed by atoms with Gasteiger partial charge in [-0.15, -0.1) is 12.4 Å². The third kappa shape index (κ3) is 3.04. The van der Waals surface area contributed by atoms with E-state index in [-0.39, 0.29) is 24.9 Å². The number of carbonyl (C=O) groups is 2. The van der Waals surface area contributed by atoms with E-state index in [9.17, 15) is 9.59 Å². The highest BCUT2D eigenvalue weighted by molar-refractivity contribution is 5.86. The van der Waals surface area contributed by atoms with Crippen LogP contribution >= 0.6 is 12.4 Å². The number of hydrazine groups is 1. The van der Waals surface area contributed by atoms with Crippen molar-refractivity contribution in [2.24, 2.45) is 11.7 Å². The van der Waals surface area contributed by atoms with Crippen LogP contribution in [-0.4, -0.2) is 41.6 Å². The van der Waals surface area contributed by atoms with E-state index in [1.165, 1.54) is 7.05 Å². The maximum absolute atomic E-state index is 11.7. The Bertz CT molecular complexity index is 326. The summed E-state index contributed by atoms with van der Waals surface area (Å²) in [6.07, 6.45) is -0.390. The Morgan fingerprint density at radius 2 is 2.11 bits per heavy atom. The van der Waals surface area contributed by atoms with Gasteiger partial charge >= 0.3 is 12.1 Å². The van der Waals surface area contributed by atoms with Crippen LogP contribution in [-0.2, 0) is 14.4 Å². The Labute approximate surface area is 113 Å². The van der Waals surface area contributed by atoms with Crippen LogP contribution in [0.4, 0.5) is 4.79 Å². The first-order valence-corrected chi connectivity index (χ1v) is 5.54. The Kier molecular flexibility index (Phi) is 5.85. The SMILES string of the molecule is CCOC(=O)N1N(C)OC(=O)C1(N)CC(C)C.Cl. The predicted octanol–water partition coefficient (Wildman–Crippen LogP) is 0.886. The summed E-state index contributed by atoms with van der Waals surface area (Å²) in [4.78, 5) is 28.3. The Hall–Kier alpha value is -1.05. The molecule has 1 fully saturated rings. The van der Waals surface area contributed by atoms with Gasteiger partial charge in [-0.1, -0.05) is 13.8 Å². The third-order valence-corrected chi connectivity index (χ3v) is 2.39. The summed E-state index contributed by atoms with van der Waals surface area (Å²) in [5.74, 6) is -0.516. The standard InChI is InChI=1S/C10H19N3O4.ClH/c1-5-16-9(15)13-10(11,6-7(2)3)8(14)17-12(13)4;/h7H,5-6,11H2,1-4H3;1H. The number of amides is 1. The first kappa shape index (κ1) is 16.9. The molecular formula is C10H20ClN3O4. The lowest BCUT2D eigenvalue weighted by molar-refractivity contribution is -0.199. The summed E-state index contributed by atoms with van der Waals surface area (Å²) in [7, 11) is 1.43. The molecule has 1 unspecified atom stereocenters. The number of halogens is 1. The van der Waals surface area contributed by atoms with E-state index in [1.807, 2.05) is 13.8 Å². The van der Waals surface area contributed by atoms with E-state index >= 15 is 0 Å². The van der Waals surface area contributed by atoms with Crippen LogP contribution in [0.25, 0.3) is 0 Å². The monoisotopic (exact) mass is 281 g/mol. The Morgan fingerprint density at radius 1 is 1.56 bits per heavy atom. The molecule has 0 aromatic carbocycles. The quantitative estimate of drug-likeness (QED) is 0.827. The Morgan fingerprint density at radius 3 is 2.56 bits per heavy atom. The number of nitrogens with two attached hydrogens (primary N) is 1. The van der Waals surface area contributed by atoms with Crippen molar-refractivity contribution < 1.29 is 19.2 Å². The normalized spacial score (nSPS) is 23.9. The van der Waals surface area contributed by atoms with E-state index in [0.717, 1.165) is 10.2 Å². The van der Waals surface area contributed by atoms with Crippen molar-refractivity contribution in [2.75, 3.05) is 13.7 Å². The summed E-state index contributed by atoms with van der Waals surface area (Å²) in [6, 6.07) is 0. The van der Waals surface area contributed by atoms with Crippen molar-refractivity contribution in [1.29, 1.82) is 0 Å². The number of ether oxygens (including phenoxy) is 1. The van der Waals surface area contributed by atoms with Gasteiger partial charge in [0.05, 0.1) is 6.61 Å². The van der Waals surface area contributed by atoms with Crippen LogP contribution in [0, 0.1) is 5.92 Å². The minimum absolute atomic E-state index is 0. The van der Waals surface area contributed by atoms with Crippen LogP contribution in [0.3, 0.4) is 0 Å². The molecule has 8 heteroatoms. The maximum Gasteiger partial charge on any atom is 0.429 e. The van der Waals surface area contributed by atoms with Crippen molar-refractivity contribution in [3.63, 3.8) is 0 Å². The van der Waals surface area contributed by atoms with Crippen molar-refractivity contribution in [2.45, 2.75) is 32.9 Å². The summed E-state index contributed by atoms with van der Waals surface area (Å²) in [5, 5.41) is 2.03. The van der Waals surface area contributed by atoms with E-state index < -0.39 is 17.7 Å². The average molecular weight is 282 g/mol. The first-order valence-electron chi connectivity index (χ1n) is 5.54. The second-order valence-corrected chi connectivity index (χ2v) is 4.38. The summed E-state index contributed by atoms with van der Waals surface area (Å²) in [5.41, 5.74) is 4.49.